The molecule has 1 N–H and O–H groups in total. The van der Waals surface area contributed by atoms with Gasteiger partial charge in [-0.3, -0.25) is 9.59 Å². The van der Waals surface area contributed by atoms with Gasteiger partial charge in [0.25, 0.3) is 11.7 Å². The molecule has 1 amide bonds. The van der Waals surface area contributed by atoms with E-state index in [0.29, 0.717) is 55.4 Å². The second-order valence-corrected chi connectivity index (χ2v) is 9.10. The summed E-state index contributed by atoms with van der Waals surface area (Å²) in [5.74, 6) is -0.278. The molecule has 1 aliphatic heterocycles. The topological polar surface area (TPSA) is 85.3 Å². The Morgan fingerprint density at radius 1 is 0.974 bits per heavy atom. The Kier molecular flexibility index (Phi) is 8.81. The normalized spacial score (nSPS) is 16.6. The summed E-state index contributed by atoms with van der Waals surface area (Å²) in [4.78, 5) is 27.9. The van der Waals surface area contributed by atoms with Crippen LogP contribution in [0.25, 0.3) is 5.76 Å². The molecule has 0 bridgehead atoms. The van der Waals surface area contributed by atoms with Crippen molar-refractivity contribution >= 4 is 17.4 Å². The number of ketones is 1. The lowest BCUT2D eigenvalue weighted by Gasteiger charge is -2.25. The Morgan fingerprint density at radius 2 is 1.76 bits per heavy atom. The minimum absolute atomic E-state index is 0.0541. The van der Waals surface area contributed by atoms with Crippen LogP contribution in [0, 0.1) is 6.92 Å². The van der Waals surface area contributed by atoms with Crippen LogP contribution >= 0.6 is 0 Å². The number of nitrogens with zero attached hydrogens (tertiary/aromatic N) is 1. The number of amides is 1. The first-order chi connectivity index (χ1) is 18.4. The van der Waals surface area contributed by atoms with Gasteiger partial charge in [0.05, 0.1) is 18.2 Å². The van der Waals surface area contributed by atoms with Crippen molar-refractivity contribution in [3.8, 4) is 11.5 Å². The summed E-state index contributed by atoms with van der Waals surface area (Å²) in [5, 5.41) is 11.4. The zero-order valence-corrected chi connectivity index (χ0v) is 22.0. The number of aliphatic hydroxyl groups excluding tert-OH is 1. The van der Waals surface area contributed by atoms with Gasteiger partial charge >= 0.3 is 0 Å². The summed E-state index contributed by atoms with van der Waals surface area (Å²) >= 11 is 0. The Bertz CT molecular complexity index is 1320. The average Bonchev–Trinajstić information content (AvgIpc) is 3.18. The van der Waals surface area contributed by atoms with E-state index in [2.05, 4.69) is 0 Å². The first-order valence-corrected chi connectivity index (χ1v) is 12.7. The number of carbonyl (C=O) groups excluding carboxylic acids is 2. The monoisotopic (exact) mass is 515 g/mol. The van der Waals surface area contributed by atoms with Crippen molar-refractivity contribution in [2.45, 2.75) is 32.9 Å². The van der Waals surface area contributed by atoms with E-state index in [1.54, 1.807) is 25.3 Å². The van der Waals surface area contributed by atoms with Crippen LogP contribution in [-0.4, -0.2) is 48.6 Å². The first-order valence-electron chi connectivity index (χ1n) is 12.7. The number of ether oxygens (including phenoxy) is 3. The first kappa shape index (κ1) is 26.9. The highest BCUT2D eigenvalue weighted by atomic mass is 16.5. The molecule has 0 aromatic heterocycles. The molecule has 7 heteroatoms. The number of aliphatic hydroxyl groups is 1. The molecule has 38 heavy (non-hydrogen) atoms. The van der Waals surface area contributed by atoms with E-state index in [1.807, 2.05) is 68.4 Å². The van der Waals surface area contributed by atoms with Gasteiger partial charge in [0.1, 0.15) is 23.9 Å². The van der Waals surface area contributed by atoms with Gasteiger partial charge in [0.2, 0.25) is 0 Å². The van der Waals surface area contributed by atoms with E-state index in [1.165, 1.54) is 4.90 Å². The highest BCUT2D eigenvalue weighted by molar-refractivity contribution is 6.46. The smallest absolute Gasteiger partial charge is 0.295 e. The summed E-state index contributed by atoms with van der Waals surface area (Å²) in [7, 11) is 1.59. The third-order valence-corrected chi connectivity index (χ3v) is 6.46. The van der Waals surface area contributed by atoms with Crippen molar-refractivity contribution in [2.24, 2.45) is 0 Å². The fraction of sp³-hybridized carbons (Fsp3) is 0.290. The average molecular weight is 516 g/mol. The lowest BCUT2D eigenvalue weighted by atomic mass is 9.94. The lowest BCUT2D eigenvalue weighted by molar-refractivity contribution is -0.140. The summed E-state index contributed by atoms with van der Waals surface area (Å²) < 4.78 is 16.8. The molecule has 1 saturated heterocycles. The van der Waals surface area contributed by atoms with Crippen LogP contribution in [0.1, 0.15) is 41.6 Å². The zero-order chi connectivity index (χ0) is 27.1. The number of hydrogen-bond donors (Lipinski definition) is 1. The second-order valence-electron chi connectivity index (χ2n) is 9.10. The quantitative estimate of drug-likeness (QED) is 0.159. The summed E-state index contributed by atoms with van der Waals surface area (Å²) in [6, 6.07) is 21.6. The second kappa shape index (κ2) is 12.4. The number of Topliss-reactive ketones (excluding diaryl/α,β-unsaturated/α-hetero) is 1. The molecule has 198 valence electrons. The maximum atomic E-state index is 13.3. The van der Waals surface area contributed by atoms with Crippen LogP contribution in [0.15, 0.2) is 78.4 Å². The number of hydrogen-bond acceptors (Lipinski definition) is 6. The van der Waals surface area contributed by atoms with E-state index in [-0.39, 0.29) is 11.3 Å². The maximum Gasteiger partial charge on any atom is 0.295 e. The van der Waals surface area contributed by atoms with E-state index in [9.17, 15) is 14.7 Å². The Morgan fingerprint density at radius 3 is 2.47 bits per heavy atom. The maximum absolute atomic E-state index is 13.3. The van der Waals surface area contributed by atoms with Crippen LogP contribution in [0.2, 0.25) is 0 Å². The van der Waals surface area contributed by atoms with Crippen molar-refractivity contribution in [1.29, 1.82) is 0 Å². The van der Waals surface area contributed by atoms with Gasteiger partial charge in [0, 0.05) is 25.8 Å². The predicted octanol–water partition coefficient (Wildman–Crippen LogP) is 5.43. The van der Waals surface area contributed by atoms with E-state index in [0.717, 1.165) is 11.1 Å². The predicted molar refractivity (Wildman–Crippen MR) is 145 cm³/mol. The van der Waals surface area contributed by atoms with Crippen molar-refractivity contribution in [1.82, 2.24) is 4.90 Å². The Hall–Kier alpha value is -4.10. The Labute approximate surface area is 223 Å². The van der Waals surface area contributed by atoms with Crippen LogP contribution < -0.4 is 9.47 Å². The lowest BCUT2D eigenvalue weighted by Crippen LogP contribution is -2.31. The number of methoxy groups -OCH3 is 1. The van der Waals surface area contributed by atoms with Crippen LogP contribution in [0.5, 0.6) is 11.5 Å². The molecule has 3 aromatic carbocycles. The number of benzene rings is 3. The minimum Gasteiger partial charge on any atom is -0.507 e. The van der Waals surface area contributed by atoms with Gasteiger partial charge in [-0.15, -0.1) is 0 Å². The van der Waals surface area contributed by atoms with E-state index < -0.39 is 17.7 Å². The molecule has 0 spiro atoms. The highest BCUT2D eigenvalue weighted by Gasteiger charge is 2.45. The van der Waals surface area contributed by atoms with Crippen molar-refractivity contribution < 1.29 is 28.9 Å². The molecule has 0 saturated carbocycles. The zero-order valence-electron chi connectivity index (χ0n) is 22.0. The van der Waals surface area contributed by atoms with Gasteiger partial charge in [-0.2, -0.15) is 0 Å². The standard InChI is InChI=1S/C31H33NO6/c1-4-37-25-13-8-12-23(19-25)28-27(30(34)31(35)32(28)16-9-17-36-3)29(33)24-14-15-26(21(2)18-24)38-20-22-10-6-5-7-11-22/h5-8,10-15,18-19,28,33H,4,9,16-17,20H2,1-3H3/b29-27+. The number of rotatable bonds is 11. The molecule has 1 atom stereocenters. The van der Waals surface area contributed by atoms with Gasteiger partial charge in [-0.05, 0) is 67.3 Å². The molecule has 1 unspecified atom stereocenters. The molecule has 1 fully saturated rings. The minimum atomic E-state index is -0.749. The molecule has 0 aliphatic carbocycles. The summed E-state index contributed by atoms with van der Waals surface area (Å²) in [5.41, 5.74) is 3.03. The van der Waals surface area contributed by atoms with E-state index >= 15 is 0 Å². The van der Waals surface area contributed by atoms with Crippen LogP contribution in [0.3, 0.4) is 0 Å². The van der Waals surface area contributed by atoms with Crippen LogP contribution in [-0.2, 0) is 20.9 Å². The summed E-state index contributed by atoms with van der Waals surface area (Å²) in [6.45, 7) is 5.41. The molecule has 1 heterocycles. The SMILES string of the molecule is CCOc1cccc(C2/C(=C(\O)c3ccc(OCc4ccccc4)c(C)c3)C(=O)C(=O)N2CCCOC)c1. The van der Waals surface area contributed by atoms with Gasteiger partial charge < -0.3 is 24.2 Å². The molecular weight excluding hydrogens is 482 g/mol. The molecule has 4 rings (SSSR count). The van der Waals surface area contributed by atoms with Crippen molar-refractivity contribution in [3.05, 3.63) is 101 Å². The third-order valence-electron chi connectivity index (χ3n) is 6.46. The van der Waals surface area contributed by atoms with Gasteiger partial charge in [-0.25, -0.2) is 0 Å². The van der Waals surface area contributed by atoms with Gasteiger partial charge in [0.15, 0.2) is 0 Å². The Balaban J connectivity index is 1.70. The van der Waals surface area contributed by atoms with Crippen LogP contribution in [0.4, 0.5) is 0 Å². The van der Waals surface area contributed by atoms with E-state index in [4.69, 9.17) is 14.2 Å². The van der Waals surface area contributed by atoms with Crippen molar-refractivity contribution in [2.75, 3.05) is 26.9 Å². The molecule has 7 nitrogen and oxygen atoms in total. The fourth-order valence-corrected chi connectivity index (χ4v) is 4.63. The number of carbonyl (C=O) groups is 2. The third kappa shape index (κ3) is 5.89. The van der Waals surface area contributed by atoms with Crippen molar-refractivity contribution in [3.63, 3.8) is 0 Å². The largest absolute Gasteiger partial charge is 0.507 e. The molecule has 1 aliphatic rings. The number of likely N-dealkylation sites (tertiary alicyclic amines) is 1. The molecule has 0 radical (unpaired) electrons. The molecule has 3 aromatic rings. The summed E-state index contributed by atoms with van der Waals surface area (Å²) in [6.07, 6.45) is 0.553. The highest BCUT2D eigenvalue weighted by Crippen LogP contribution is 2.40. The van der Waals surface area contributed by atoms with Gasteiger partial charge in [-0.1, -0.05) is 42.5 Å². The fourth-order valence-electron chi connectivity index (χ4n) is 4.63. The number of aryl methyl sites for hydroxylation is 1. The molecular formula is C31H33NO6.